The molecule has 0 atom stereocenters. The first-order valence-electron chi connectivity index (χ1n) is 13.4. The Labute approximate surface area is 247 Å². The summed E-state index contributed by atoms with van der Waals surface area (Å²) in [5, 5.41) is 4.67. The number of hydrogen-bond acceptors (Lipinski definition) is 0. The summed E-state index contributed by atoms with van der Waals surface area (Å²) in [5.74, 6) is 0. The van der Waals surface area contributed by atoms with Crippen LogP contribution in [0.3, 0.4) is 0 Å². The third-order valence-corrected chi connectivity index (χ3v) is 11.2. The van der Waals surface area contributed by atoms with Crippen LogP contribution in [0.5, 0.6) is 0 Å². The topological polar surface area (TPSA) is 0 Å². The number of halogens is 2. The van der Waals surface area contributed by atoms with Gasteiger partial charge in [0.1, 0.15) is 0 Å². The van der Waals surface area contributed by atoms with Gasteiger partial charge in [-0.2, -0.15) is 23.3 Å². The molecular weight excluding hydrogens is 565 g/mol. The summed E-state index contributed by atoms with van der Waals surface area (Å²) in [5.41, 5.74) is 5.02. The maximum atomic E-state index is 2.55. The van der Waals surface area contributed by atoms with Crippen LogP contribution >= 0.6 is 7.92 Å². The summed E-state index contributed by atoms with van der Waals surface area (Å²) in [7, 11) is 0.0611. The Morgan fingerprint density at radius 1 is 0.857 bits per heavy atom. The normalized spacial score (nSPS) is 16.5. The van der Waals surface area contributed by atoms with Gasteiger partial charge in [0.15, 0.2) is 0 Å². The fourth-order valence-electron chi connectivity index (χ4n) is 5.92. The van der Waals surface area contributed by atoms with E-state index in [1.807, 2.05) is 0 Å². The van der Waals surface area contributed by atoms with E-state index in [0.29, 0.717) is 0 Å². The van der Waals surface area contributed by atoms with Gasteiger partial charge in [-0.15, -0.1) is 40.3 Å². The van der Waals surface area contributed by atoms with Gasteiger partial charge in [-0.3, -0.25) is 0 Å². The minimum Gasteiger partial charge on any atom is -1.00 e. The Morgan fingerprint density at radius 2 is 1.46 bits per heavy atom. The second kappa shape index (κ2) is 17.6. The maximum Gasteiger partial charge on any atom is 4.00 e. The van der Waals surface area contributed by atoms with Gasteiger partial charge < -0.3 is 24.8 Å². The zero-order chi connectivity index (χ0) is 22.2. The van der Waals surface area contributed by atoms with Crippen molar-refractivity contribution in [3.8, 4) is 0 Å². The van der Waals surface area contributed by atoms with E-state index in [9.17, 15) is 0 Å². The molecule has 0 aliphatic heterocycles. The number of fused-ring (bicyclic) bond motifs is 1. The second-order valence-corrected chi connectivity index (χ2v) is 13.0. The van der Waals surface area contributed by atoms with Gasteiger partial charge in [0.25, 0.3) is 0 Å². The minimum absolute atomic E-state index is 0. The van der Waals surface area contributed by atoms with Crippen molar-refractivity contribution in [3.05, 3.63) is 65.7 Å². The molecule has 0 heterocycles. The van der Waals surface area contributed by atoms with E-state index in [2.05, 4.69) is 68.4 Å². The molecule has 3 aromatic rings. The number of benzene rings is 1. The van der Waals surface area contributed by atoms with Crippen LogP contribution in [0.15, 0.2) is 54.6 Å². The smallest absolute Gasteiger partial charge is 1.00 e. The van der Waals surface area contributed by atoms with E-state index < -0.39 is 0 Å². The Bertz CT molecular complexity index is 883. The van der Waals surface area contributed by atoms with Gasteiger partial charge in [-0.25, -0.2) is 12.1 Å². The summed E-state index contributed by atoms with van der Waals surface area (Å²) in [6, 6.07) is 20.6. The Morgan fingerprint density at radius 3 is 1.97 bits per heavy atom. The predicted octanol–water partition coefficient (Wildman–Crippen LogP) is 3.39. The molecule has 0 amide bonds. The van der Waals surface area contributed by atoms with Crippen molar-refractivity contribution in [1.82, 2.24) is 0 Å². The third kappa shape index (κ3) is 9.40. The average Bonchev–Trinajstić information content (AvgIpc) is 3.45. The molecule has 0 N–H and O–H groups in total. The molecule has 3 aromatic carbocycles. The monoisotopic (exact) mass is 606 g/mol. The summed E-state index contributed by atoms with van der Waals surface area (Å²) in [4.78, 5) is 0. The molecule has 2 saturated carbocycles. The minimum atomic E-state index is 0. The van der Waals surface area contributed by atoms with Gasteiger partial charge in [0, 0.05) is 0 Å². The van der Waals surface area contributed by atoms with E-state index in [-0.39, 0.29) is 58.9 Å². The van der Waals surface area contributed by atoms with E-state index in [0.717, 1.165) is 11.3 Å². The van der Waals surface area contributed by atoms with E-state index in [1.165, 1.54) is 105 Å². The van der Waals surface area contributed by atoms with Gasteiger partial charge >= 0.3 is 26.2 Å². The van der Waals surface area contributed by atoms with Crippen molar-refractivity contribution in [2.45, 2.75) is 109 Å². The van der Waals surface area contributed by atoms with Gasteiger partial charge in [-0.1, -0.05) is 85.6 Å². The van der Waals surface area contributed by atoms with Gasteiger partial charge in [-0.05, 0) is 37.0 Å². The van der Waals surface area contributed by atoms with Crippen LogP contribution in [0, 0.1) is 6.92 Å². The molecule has 5 rings (SSSR count). The van der Waals surface area contributed by atoms with Crippen molar-refractivity contribution < 1.29 is 51.0 Å². The first-order valence-corrected chi connectivity index (χ1v) is 14.9. The maximum absolute atomic E-state index is 2.55. The largest absolute Gasteiger partial charge is 4.00 e. The molecule has 190 valence electrons. The number of rotatable bonds is 6. The Kier molecular flexibility index (Phi) is 16.6. The fourth-order valence-corrected chi connectivity index (χ4v) is 9.78. The average molecular weight is 609 g/mol. The number of hydrogen-bond donors (Lipinski definition) is 0. The van der Waals surface area contributed by atoms with E-state index >= 15 is 0 Å². The van der Waals surface area contributed by atoms with Crippen LogP contribution in [-0.4, -0.2) is 11.3 Å². The molecular formula is C31H43Cl2PZr. The summed E-state index contributed by atoms with van der Waals surface area (Å²) in [6.45, 7) is 4.42. The summed E-state index contributed by atoms with van der Waals surface area (Å²) < 4.78 is 0. The Hall–Kier alpha value is 0.0731. The number of unbranched alkanes of at least 4 members (excludes halogenated alkanes) is 1. The third-order valence-electron chi connectivity index (χ3n) is 7.79. The van der Waals surface area contributed by atoms with Crippen molar-refractivity contribution in [2.75, 3.05) is 0 Å². The number of aryl methyl sites for hydroxylation is 2. The van der Waals surface area contributed by atoms with Crippen molar-refractivity contribution in [1.29, 1.82) is 0 Å². The Balaban J connectivity index is 0.000000407. The van der Waals surface area contributed by atoms with Crippen LogP contribution in [0.25, 0.3) is 10.8 Å². The van der Waals surface area contributed by atoms with Crippen LogP contribution in [0.1, 0.15) is 95.1 Å². The zero-order valence-electron chi connectivity index (χ0n) is 21.7. The molecule has 0 bridgehead atoms. The van der Waals surface area contributed by atoms with Gasteiger partial charge in [0.05, 0.1) is 0 Å². The molecule has 0 aromatic heterocycles. The molecule has 2 aliphatic rings. The fraction of sp³-hybridized carbons (Fsp3) is 0.548. The van der Waals surface area contributed by atoms with Crippen molar-refractivity contribution in [2.24, 2.45) is 0 Å². The quantitative estimate of drug-likeness (QED) is 0.298. The molecule has 0 radical (unpaired) electrons. The molecule has 0 saturated heterocycles. The zero-order valence-corrected chi connectivity index (χ0v) is 26.6. The molecule has 0 spiro atoms. The first-order chi connectivity index (χ1) is 15.8. The standard InChI is InChI=1S/C21H28P.C10H15.2ClH.Zr/c1-3-11-19(12-4-1)22(20-13-5-2-6-14-20)21-15-17-9-7-8-10-18(17)16-21;1-3-4-7-10-8-5-6-9(10)2;;;/h7-10,15-16,19-20H,1-6,11-14H2;5-6,8H,3-4,7H2,1-2H3;2*1H;/q2*-1;;;+4/p-2. The predicted molar refractivity (Wildman–Crippen MR) is 145 cm³/mol. The molecule has 0 unspecified atom stereocenters. The molecule has 2 fully saturated rings. The molecule has 2 aliphatic carbocycles. The van der Waals surface area contributed by atoms with Crippen molar-refractivity contribution in [3.63, 3.8) is 0 Å². The van der Waals surface area contributed by atoms with Crippen LogP contribution in [-0.2, 0) is 32.6 Å². The second-order valence-electron chi connectivity index (χ2n) is 10.2. The summed E-state index contributed by atoms with van der Waals surface area (Å²) in [6.07, 6.45) is 18.8. The van der Waals surface area contributed by atoms with Crippen LogP contribution in [0.2, 0.25) is 0 Å². The van der Waals surface area contributed by atoms with Crippen LogP contribution < -0.4 is 30.1 Å². The molecule has 35 heavy (non-hydrogen) atoms. The van der Waals surface area contributed by atoms with Crippen LogP contribution in [0.4, 0.5) is 0 Å². The van der Waals surface area contributed by atoms with E-state index in [1.54, 1.807) is 5.30 Å². The van der Waals surface area contributed by atoms with Crippen molar-refractivity contribution >= 4 is 24.0 Å². The SMILES string of the molecule is CCCC[c-]1cccc1C.[Cl-].[Cl-].[Zr+4].c1ccc2[cH-]c(P(C3CCCCC3)C3CCCCC3)cc2c1. The molecule has 4 heteroatoms. The first kappa shape index (κ1) is 33.1. The van der Waals surface area contributed by atoms with Gasteiger partial charge in [0.2, 0.25) is 0 Å². The molecule has 0 nitrogen and oxygen atoms in total. The van der Waals surface area contributed by atoms with E-state index in [4.69, 9.17) is 0 Å². The summed E-state index contributed by atoms with van der Waals surface area (Å²) >= 11 is 0.